The molecule has 0 radical (unpaired) electrons. The molecule has 0 bridgehead atoms. The summed E-state index contributed by atoms with van der Waals surface area (Å²) in [7, 11) is -2.14. The van der Waals surface area contributed by atoms with E-state index < -0.39 is 26.4 Å². The molecule has 0 amide bonds. The van der Waals surface area contributed by atoms with E-state index in [0.29, 0.717) is 0 Å². The van der Waals surface area contributed by atoms with Gasteiger partial charge in [0.1, 0.15) is 5.75 Å². The van der Waals surface area contributed by atoms with Crippen LogP contribution in [-0.4, -0.2) is 8.32 Å². The lowest BCUT2D eigenvalue weighted by Gasteiger charge is -2.19. The van der Waals surface area contributed by atoms with Crippen molar-refractivity contribution in [3.63, 3.8) is 0 Å². The Hall–Kier alpha value is -1.28. The molecule has 0 fully saturated rings. The summed E-state index contributed by atoms with van der Waals surface area (Å²) in [6, 6.07) is -2.62. The Morgan fingerprint density at radius 1 is 1.00 bits per heavy atom. The van der Waals surface area contributed by atoms with E-state index in [0.717, 1.165) is 0 Å². The third kappa shape index (κ3) is 2.60. The van der Waals surface area contributed by atoms with Gasteiger partial charge in [0.2, 0.25) is 8.32 Å². The van der Waals surface area contributed by atoms with Crippen LogP contribution in [0.5, 0.6) is 5.75 Å². The highest BCUT2D eigenvalue weighted by atomic mass is 28.4. The first-order valence-corrected chi connectivity index (χ1v) is 8.07. The van der Waals surface area contributed by atoms with Crippen LogP contribution in [0.3, 0.4) is 0 Å². The lowest BCUT2D eigenvalue weighted by atomic mass is 10.1. The Labute approximate surface area is 102 Å². The molecule has 0 spiro atoms. The number of rotatable bonds is 2. The molecular formula is C13H16OSi. The fraction of sp³-hybridized carbons (Fsp3) is 0.231. The van der Waals surface area contributed by atoms with Crippen LogP contribution in [0.25, 0.3) is 10.8 Å². The zero-order valence-electron chi connectivity index (χ0n) is 15.9. The predicted molar refractivity (Wildman–Crippen MR) is 67.9 cm³/mol. The smallest absolute Gasteiger partial charge is 0.242 e. The molecular weight excluding hydrogens is 200 g/mol. The van der Waals surface area contributed by atoms with Crippen molar-refractivity contribution < 1.29 is 14.0 Å². The van der Waals surface area contributed by atoms with Gasteiger partial charge in [-0.05, 0) is 42.5 Å². The Bertz CT molecular complexity index is 783. The van der Waals surface area contributed by atoms with Gasteiger partial charge >= 0.3 is 0 Å². The summed E-state index contributed by atoms with van der Waals surface area (Å²) in [6.45, 7) is 5.63. The minimum Gasteiger partial charge on any atom is -0.544 e. The molecule has 0 aromatic heterocycles. The number of benzene rings is 2. The molecule has 0 aliphatic heterocycles. The van der Waals surface area contributed by atoms with Crippen LogP contribution in [0.2, 0.25) is 19.6 Å². The second kappa shape index (κ2) is 3.70. The topological polar surface area (TPSA) is 9.23 Å². The molecule has 2 heteroatoms. The first-order chi connectivity index (χ1) is 9.97. The van der Waals surface area contributed by atoms with Crippen LogP contribution >= 0.6 is 0 Å². The van der Waals surface area contributed by atoms with E-state index in [2.05, 4.69) is 0 Å². The summed E-state index contributed by atoms with van der Waals surface area (Å²) in [6.07, 6.45) is 0. The Kier molecular flexibility index (Phi) is 1.16. The van der Waals surface area contributed by atoms with Crippen LogP contribution in [0.15, 0.2) is 42.3 Å². The first-order valence-electron chi connectivity index (χ1n) is 8.16. The fourth-order valence-corrected chi connectivity index (χ4v) is 1.84. The fourth-order valence-electron chi connectivity index (χ4n) is 1.12. The lowest BCUT2D eigenvalue weighted by Crippen LogP contribution is -2.29. The van der Waals surface area contributed by atoms with Crippen molar-refractivity contribution in [1.82, 2.24) is 0 Å². The zero-order chi connectivity index (χ0) is 17.0. The highest BCUT2D eigenvalue weighted by Crippen LogP contribution is 2.22. The van der Waals surface area contributed by atoms with Crippen molar-refractivity contribution in [2.75, 3.05) is 0 Å². The quantitative estimate of drug-likeness (QED) is 0.698. The summed E-state index contributed by atoms with van der Waals surface area (Å²) >= 11 is 0. The minimum atomic E-state index is -2.14. The van der Waals surface area contributed by atoms with Gasteiger partial charge in [-0.15, -0.1) is 0 Å². The lowest BCUT2D eigenvalue weighted by molar-refractivity contribution is 0.558. The van der Waals surface area contributed by atoms with Crippen molar-refractivity contribution >= 4 is 19.1 Å². The van der Waals surface area contributed by atoms with Crippen molar-refractivity contribution in [3.8, 4) is 5.75 Å². The molecule has 0 N–H and O–H groups in total. The summed E-state index contributed by atoms with van der Waals surface area (Å²) in [5.74, 6) is -0.0818. The molecule has 2 rings (SSSR count). The van der Waals surface area contributed by atoms with Gasteiger partial charge in [-0.3, -0.25) is 0 Å². The molecule has 0 aliphatic carbocycles. The van der Waals surface area contributed by atoms with E-state index in [-0.39, 0.29) is 40.7 Å². The third-order valence-electron chi connectivity index (χ3n) is 1.64. The van der Waals surface area contributed by atoms with Crippen molar-refractivity contribution in [1.29, 1.82) is 0 Å². The Morgan fingerprint density at radius 3 is 2.33 bits per heavy atom. The molecule has 15 heavy (non-hydrogen) atoms. The van der Waals surface area contributed by atoms with E-state index in [4.69, 9.17) is 14.0 Å². The van der Waals surface area contributed by atoms with Crippen molar-refractivity contribution in [2.45, 2.75) is 19.6 Å². The maximum Gasteiger partial charge on any atom is 0.242 e. The normalized spacial score (nSPS) is 18.2. The molecule has 2 aromatic rings. The highest BCUT2D eigenvalue weighted by molar-refractivity contribution is 6.70. The maximum atomic E-state index is 8.21. The molecule has 0 atom stereocenters. The maximum absolute atomic E-state index is 8.21. The van der Waals surface area contributed by atoms with Gasteiger partial charge in [-0.1, -0.05) is 30.2 Å². The molecule has 2 aromatic carbocycles. The van der Waals surface area contributed by atoms with E-state index in [1.165, 1.54) is 0 Å². The zero-order valence-corrected chi connectivity index (χ0v) is 9.91. The molecule has 0 unspecified atom stereocenters. The third-order valence-corrected chi connectivity index (χ3v) is 2.45. The predicted octanol–water partition coefficient (Wildman–Crippen LogP) is 4.05. The van der Waals surface area contributed by atoms with Crippen molar-refractivity contribution in [2.24, 2.45) is 0 Å². The molecule has 0 saturated heterocycles. The number of hydrogen-bond donors (Lipinski definition) is 0. The molecule has 0 heterocycles. The van der Waals surface area contributed by atoms with Gasteiger partial charge in [0.05, 0.1) is 9.60 Å². The average molecular weight is 223 g/mol. The summed E-state index contributed by atoms with van der Waals surface area (Å²) in [5, 5.41) is -0.177. The molecule has 1 nitrogen and oxygen atoms in total. The SMILES string of the molecule is [2H]c1c([2H])c([2H])c2c([2H])c(O[Si](C)(C)C)c([2H])c([2H])c2c1[2H]. The Balaban J connectivity index is 3.01. The Morgan fingerprint density at radius 2 is 1.67 bits per heavy atom. The van der Waals surface area contributed by atoms with E-state index >= 15 is 0 Å². The monoisotopic (exact) mass is 223 g/mol. The highest BCUT2D eigenvalue weighted by Gasteiger charge is 2.15. The van der Waals surface area contributed by atoms with Gasteiger partial charge in [-0.2, -0.15) is 0 Å². The van der Waals surface area contributed by atoms with E-state index in [1.54, 1.807) is 0 Å². The van der Waals surface area contributed by atoms with Gasteiger partial charge < -0.3 is 4.43 Å². The van der Waals surface area contributed by atoms with Crippen molar-refractivity contribution in [3.05, 3.63) is 42.3 Å². The summed E-state index contributed by atoms with van der Waals surface area (Å²) < 4.78 is 61.3. The molecule has 0 aliphatic rings. The van der Waals surface area contributed by atoms with E-state index in [9.17, 15) is 0 Å². The van der Waals surface area contributed by atoms with Gasteiger partial charge in [0.25, 0.3) is 0 Å². The van der Waals surface area contributed by atoms with Gasteiger partial charge in [0.15, 0.2) is 0 Å². The van der Waals surface area contributed by atoms with Crippen LogP contribution < -0.4 is 4.43 Å². The molecule has 78 valence electrons. The van der Waals surface area contributed by atoms with Gasteiger partial charge in [0, 0.05) is 0 Å². The number of hydrogen-bond acceptors (Lipinski definition) is 1. The largest absolute Gasteiger partial charge is 0.544 e. The minimum absolute atomic E-state index is 0.0692. The second-order valence-corrected chi connectivity index (χ2v) is 8.60. The molecule has 0 saturated carbocycles. The standard InChI is InChI=1S/C13H16OSi/c1-15(2,3)14-13-9-8-11-6-4-5-7-12(11)10-13/h4-10H,1-3H3/i4D,5D,6D,7D,8D,9D,10D. The second-order valence-electron chi connectivity index (χ2n) is 4.17. The average Bonchev–Trinajstić information content (AvgIpc) is 2.41. The van der Waals surface area contributed by atoms with Crippen LogP contribution in [0.4, 0.5) is 0 Å². The van der Waals surface area contributed by atoms with Gasteiger partial charge in [-0.25, -0.2) is 0 Å². The van der Waals surface area contributed by atoms with E-state index in [1.807, 2.05) is 19.6 Å². The van der Waals surface area contributed by atoms with Crippen LogP contribution in [0, 0.1) is 0 Å². The summed E-state index contributed by atoms with van der Waals surface area (Å²) in [4.78, 5) is 0. The first kappa shape index (κ1) is 4.70. The van der Waals surface area contributed by atoms with Crippen LogP contribution in [-0.2, 0) is 0 Å². The summed E-state index contributed by atoms with van der Waals surface area (Å²) in [5.41, 5.74) is 0. The van der Waals surface area contributed by atoms with Crippen LogP contribution in [0.1, 0.15) is 9.60 Å². The number of fused-ring (bicyclic) bond motifs is 1.